The molecule has 26 heteroatoms. The molecule has 0 saturated carbocycles. The van der Waals surface area contributed by atoms with Crippen molar-refractivity contribution in [3.8, 4) is 0 Å². The zero-order valence-electron chi connectivity index (χ0n) is 29.2. The quantitative estimate of drug-likeness (QED) is 0.0819. The predicted molar refractivity (Wildman–Crippen MR) is 167 cm³/mol. The molecule has 0 aromatic rings. The molecule has 0 aromatic carbocycles. The second-order valence-electron chi connectivity index (χ2n) is 14.1. The van der Waals surface area contributed by atoms with E-state index in [0.717, 1.165) is 0 Å². The second kappa shape index (κ2) is 19.6. The van der Waals surface area contributed by atoms with Crippen molar-refractivity contribution in [2.24, 2.45) is 0 Å². The SMILES string of the molecule is OC[C@H]1OC(OC[C@H]2OC(OC[C@H]3OC(OC[C@H]4OC(O)[C@H](O)[C@@H](O)[C@H]4OC4O[C@H](CO)[C@@H](O)[C@H](O)[C@H]4O)[C@H](O)[C@@H](O)[C@H]3O)[C@H](O)[C@@H](O)[C@H]2O)[C@H](O)[C@@H](O)[C@@H]1O. The Hall–Kier alpha value is -1.04. The average molecular weight is 829 g/mol. The van der Waals surface area contributed by atoms with E-state index in [0.29, 0.717) is 0 Å². The molecule has 5 saturated heterocycles. The predicted octanol–water partition coefficient (Wildman–Crippen LogP) is -11.9. The maximum Gasteiger partial charge on any atom is 0.187 e. The van der Waals surface area contributed by atoms with Crippen molar-refractivity contribution >= 4 is 0 Å². The highest BCUT2D eigenvalue weighted by Crippen LogP contribution is 2.31. The molecule has 0 radical (unpaired) electrons. The molecule has 5 heterocycles. The van der Waals surface area contributed by atoms with Crippen LogP contribution in [0.2, 0.25) is 0 Å². The standard InChI is InChI=1S/C30H52O26/c31-1-6-11(33)15(37)21(43)27(52-6)48-3-8-13(35)17(39)22(44)28(54-8)49-4-9-14(36)18(40)23(45)29(55-9)50-5-10-25(19(41)20(42)26(47)51-10)56-30-24(46)16(38)12(34)7(2-32)53-30/h6-47H,1-5H2/t6-,7-,8-,9-,10-,11-,12-,13+,14+,15+,16+,17+,18+,19-,20-,21-,22-,23-,24-,25+,26?,27?,28?,29?,30?/m1/s1. The van der Waals surface area contributed by atoms with Crippen LogP contribution in [0, 0.1) is 0 Å². The van der Waals surface area contributed by atoms with E-state index in [2.05, 4.69) is 0 Å². The van der Waals surface area contributed by atoms with Gasteiger partial charge in [-0.05, 0) is 0 Å². The summed E-state index contributed by atoms with van der Waals surface area (Å²) in [5.74, 6) is 0. The molecular formula is C30H52O26. The Kier molecular flexibility index (Phi) is 16.1. The van der Waals surface area contributed by atoms with Crippen molar-refractivity contribution in [3.63, 3.8) is 0 Å². The Morgan fingerprint density at radius 1 is 0.304 bits per heavy atom. The highest BCUT2D eigenvalue weighted by Gasteiger charge is 2.53. The summed E-state index contributed by atoms with van der Waals surface area (Å²) in [6.45, 7) is -3.81. The molecule has 0 aromatic heterocycles. The van der Waals surface area contributed by atoms with Crippen LogP contribution in [0.3, 0.4) is 0 Å². The first-order valence-corrected chi connectivity index (χ1v) is 17.6. The van der Waals surface area contributed by atoms with Gasteiger partial charge >= 0.3 is 0 Å². The summed E-state index contributed by atoms with van der Waals surface area (Å²) in [7, 11) is 0. The number of aliphatic hydroxyl groups excluding tert-OH is 17. The lowest BCUT2D eigenvalue weighted by atomic mass is 9.97. The van der Waals surface area contributed by atoms with E-state index >= 15 is 0 Å². The Morgan fingerprint density at radius 3 is 1.02 bits per heavy atom. The third-order valence-corrected chi connectivity index (χ3v) is 10.3. The van der Waals surface area contributed by atoms with Crippen LogP contribution in [-0.2, 0) is 42.6 Å². The maximum atomic E-state index is 10.7. The smallest absolute Gasteiger partial charge is 0.187 e. The average Bonchev–Trinajstić information content (AvgIpc) is 3.18. The summed E-state index contributed by atoms with van der Waals surface area (Å²) in [5, 5.41) is 174. The molecule has 328 valence electrons. The molecular weight excluding hydrogens is 776 g/mol. The van der Waals surface area contributed by atoms with Crippen LogP contribution in [0.1, 0.15) is 0 Å². The molecule has 26 nitrogen and oxygen atoms in total. The summed E-state index contributed by atoms with van der Waals surface area (Å²) >= 11 is 0. The Labute approximate surface area is 316 Å². The van der Waals surface area contributed by atoms with Gasteiger partial charge in [0.1, 0.15) is 122 Å². The largest absolute Gasteiger partial charge is 0.394 e. The van der Waals surface area contributed by atoms with Gasteiger partial charge in [-0.2, -0.15) is 0 Å². The molecule has 0 amide bonds. The summed E-state index contributed by atoms with van der Waals surface area (Å²) < 4.78 is 48.8. The van der Waals surface area contributed by atoms with Gasteiger partial charge < -0.3 is 129 Å². The molecule has 56 heavy (non-hydrogen) atoms. The maximum absolute atomic E-state index is 10.7. The minimum Gasteiger partial charge on any atom is -0.394 e. The van der Waals surface area contributed by atoms with Gasteiger partial charge in [0.25, 0.3) is 0 Å². The van der Waals surface area contributed by atoms with Crippen LogP contribution < -0.4 is 0 Å². The van der Waals surface area contributed by atoms with E-state index in [1.54, 1.807) is 0 Å². The van der Waals surface area contributed by atoms with Crippen molar-refractivity contribution < 1.29 is 129 Å². The summed E-state index contributed by atoms with van der Waals surface area (Å²) in [4.78, 5) is 0. The van der Waals surface area contributed by atoms with Crippen LogP contribution in [0.5, 0.6) is 0 Å². The molecule has 17 N–H and O–H groups in total. The van der Waals surface area contributed by atoms with Gasteiger partial charge in [0.15, 0.2) is 31.5 Å². The van der Waals surface area contributed by atoms with Crippen molar-refractivity contribution in [2.45, 2.75) is 154 Å². The highest BCUT2D eigenvalue weighted by atomic mass is 16.8. The fourth-order valence-electron chi connectivity index (χ4n) is 6.71. The van der Waals surface area contributed by atoms with Gasteiger partial charge in [-0.1, -0.05) is 0 Å². The fourth-order valence-corrected chi connectivity index (χ4v) is 6.71. The number of hydrogen-bond donors (Lipinski definition) is 17. The van der Waals surface area contributed by atoms with Gasteiger partial charge in [-0.15, -0.1) is 0 Å². The molecule has 0 spiro atoms. The van der Waals surface area contributed by atoms with Crippen molar-refractivity contribution in [2.75, 3.05) is 33.0 Å². The molecule has 0 bridgehead atoms. The lowest BCUT2D eigenvalue weighted by Gasteiger charge is -2.46. The minimum absolute atomic E-state index is 0.679. The molecule has 5 unspecified atom stereocenters. The number of aliphatic hydroxyl groups is 17. The van der Waals surface area contributed by atoms with E-state index in [1.807, 2.05) is 0 Å². The van der Waals surface area contributed by atoms with Gasteiger partial charge in [-0.3, -0.25) is 0 Å². The Morgan fingerprint density at radius 2 is 0.625 bits per heavy atom. The first kappa shape index (κ1) is 46.0. The lowest BCUT2D eigenvalue weighted by Crippen LogP contribution is -2.65. The second-order valence-corrected chi connectivity index (χ2v) is 14.1. The van der Waals surface area contributed by atoms with E-state index < -0.39 is 187 Å². The summed E-state index contributed by atoms with van der Waals surface area (Å²) in [6.07, 6.45) is -44.8. The minimum atomic E-state index is -2.04. The van der Waals surface area contributed by atoms with Gasteiger partial charge in [0.05, 0.1) is 33.0 Å². The summed E-state index contributed by atoms with van der Waals surface area (Å²) in [5.41, 5.74) is 0. The number of hydrogen-bond acceptors (Lipinski definition) is 26. The van der Waals surface area contributed by atoms with E-state index in [9.17, 15) is 86.8 Å². The first-order valence-electron chi connectivity index (χ1n) is 17.6. The lowest BCUT2D eigenvalue weighted by molar-refractivity contribution is -0.365. The van der Waals surface area contributed by atoms with E-state index in [1.165, 1.54) is 0 Å². The first-order chi connectivity index (χ1) is 26.4. The van der Waals surface area contributed by atoms with Crippen LogP contribution >= 0.6 is 0 Å². The molecule has 25 atom stereocenters. The normalized spacial score (nSPS) is 53.2. The van der Waals surface area contributed by atoms with Gasteiger partial charge in [-0.25, -0.2) is 0 Å². The van der Waals surface area contributed by atoms with Crippen LogP contribution in [-0.4, -0.2) is 273 Å². The third-order valence-electron chi connectivity index (χ3n) is 10.3. The van der Waals surface area contributed by atoms with E-state index in [-0.39, 0.29) is 0 Å². The summed E-state index contributed by atoms with van der Waals surface area (Å²) in [6, 6.07) is 0. The fraction of sp³-hybridized carbons (Fsp3) is 1.00. The molecule has 5 rings (SSSR count). The highest BCUT2D eigenvalue weighted by molar-refractivity contribution is 4.96. The van der Waals surface area contributed by atoms with Crippen LogP contribution in [0.4, 0.5) is 0 Å². The Balaban J connectivity index is 1.20. The van der Waals surface area contributed by atoms with Crippen molar-refractivity contribution in [1.82, 2.24) is 0 Å². The van der Waals surface area contributed by atoms with Gasteiger partial charge in [0, 0.05) is 0 Å². The van der Waals surface area contributed by atoms with Crippen molar-refractivity contribution in [3.05, 3.63) is 0 Å². The van der Waals surface area contributed by atoms with E-state index in [4.69, 9.17) is 42.6 Å². The molecule has 5 aliphatic rings. The molecule has 5 fully saturated rings. The molecule has 0 aliphatic carbocycles. The number of rotatable bonds is 13. The van der Waals surface area contributed by atoms with Crippen LogP contribution in [0.25, 0.3) is 0 Å². The molecule has 5 aliphatic heterocycles. The monoisotopic (exact) mass is 828 g/mol. The van der Waals surface area contributed by atoms with Crippen molar-refractivity contribution in [1.29, 1.82) is 0 Å². The van der Waals surface area contributed by atoms with Crippen LogP contribution in [0.15, 0.2) is 0 Å². The third kappa shape index (κ3) is 9.61. The topological polar surface area (TPSA) is 427 Å². The zero-order valence-corrected chi connectivity index (χ0v) is 29.2. The Bertz CT molecular complexity index is 1200. The van der Waals surface area contributed by atoms with Gasteiger partial charge in [0.2, 0.25) is 0 Å². The number of ether oxygens (including phenoxy) is 9. The zero-order chi connectivity index (χ0) is 41.3.